The van der Waals surface area contributed by atoms with Gasteiger partial charge in [0.15, 0.2) is 16.8 Å². The third-order valence-electron chi connectivity index (χ3n) is 6.70. The van der Waals surface area contributed by atoms with Crippen LogP contribution < -0.4 is 5.44 Å². The number of rotatable bonds is 3. The van der Waals surface area contributed by atoms with E-state index in [1.54, 1.807) is 6.92 Å². The summed E-state index contributed by atoms with van der Waals surface area (Å²) in [5.74, 6) is 0. The third-order valence-corrected chi connectivity index (χ3v) is 6.70. The maximum absolute atomic E-state index is 12.4. The molecule has 0 aliphatic carbocycles. The maximum atomic E-state index is 12.4. The Kier molecular flexibility index (Phi) is 34.6. The zero-order valence-electron chi connectivity index (χ0n) is 35.3. The molecule has 0 spiro atoms. The van der Waals surface area contributed by atoms with Gasteiger partial charge in [0.2, 0.25) is 7.98 Å². The minimum atomic E-state index is -5.69. The summed E-state index contributed by atoms with van der Waals surface area (Å²) >= 11 is 2.07. The molecule has 6 N–H and O–H groups in total. The zero-order valence-corrected chi connectivity index (χ0v) is 36.6. The van der Waals surface area contributed by atoms with Crippen LogP contribution in [0.25, 0.3) is 6.08 Å². The van der Waals surface area contributed by atoms with Crippen molar-refractivity contribution >= 4 is 51.4 Å². The van der Waals surface area contributed by atoms with E-state index in [1.165, 1.54) is 54.6 Å². The van der Waals surface area contributed by atoms with Gasteiger partial charge >= 0.3 is 37.1 Å². The zero-order chi connectivity index (χ0) is 52.8. The first-order chi connectivity index (χ1) is 27.5. The van der Waals surface area contributed by atoms with Crippen LogP contribution in [0.4, 0.5) is 92.9 Å². The molecule has 0 saturated carbocycles. The van der Waals surface area contributed by atoms with Crippen LogP contribution in [-0.2, 0) is 11.2 Å². The fourth-order valence-corrected chi connectivity index (χ4v) is 2.31. The van der Waals surface area contributed by atoms with E-state index in [4.69, 9.17) is 18.1 Å². The molecule has 2 rings (SSSR count). The highest BCUT2D eigenvalue weighted by atomic mass is 127. The lowest BCUT2D eigenvalue weighted by atomic mass is 9.94. The number of halogens is 22. The fraction of sp³-hybridized carbons (Fsp3) is 0.562. The Morgan fingerprint density at radius 3 is 0.968 bits per heavy atom. The normalized spacial score (nSPS) is 14.5. The molecule has 0 amide bonds. The number of nitrogens with one attached hydrogen (secondary N) is 1. The van der Waals surface area contributed by atoms with Gasteiger partial charge in [0.05, 0.1) is 0 Å². The van der Waals surface area contributed by atoms with Gasteiger partial charge in [0.25, 0.3) is 5.60 Å². The van der Waals surface area contributed by atoms with Crippen molar-refractivity contribution in [3.05, 3.63) is 77.4 Å². The highest BCUT2D eigenvalue weighted by Gasteiger charge is 2.67. The van der Waals surface area contributed by atoms with Crippen LogP contribution in [0.5, 0.6) is 0 Å². The highest BCUT2D eigenvalue weighted by Crippen LogP contribution is 2.42. The molecule has 4 unspecified atom stereocenters. The van der Waals surface area contributed by atoms with Crippen molar-refractivity contribution in [2.24, 2.45) is 0 Å². The van der Waals surface area contributed by atoms with Gasteiger partial charge in [0, 0.05) is 8.38 Å². The SMILES string of the molecule is C=Cc1ccc(C(C)(O)C(F)(F)F)cc1.CC(C)(O)C(F)(F)F.CC(O)(C(F)(F)F)C(F)(F)F.CC(O)C(F)(F)F.Cc1ccc(C(C)(O)C(F)(F)F)cc1.F.F.PI.[3H]N([B])F.[3H][B]. The van der Waals surface area contributed by atoms with Crippen molar-refractivity contribution in [3.8, 4) is 0 Å². The summed E-state index contributed by atoms with van der Waals surface area (Å²) in [6.07, 6.45) is -30.3. The Hall–Kier alpha value is -2.24. The van der Waals surface area contributed by atoms with Gasteiger partial charge in [-0.1, -0.05) is 95.7 Å². The molecule has 6 nitrogen and oxygen atoms in total. The number of aliphatic hydroxyl groups is 5. The molecule has 63 heavy (non-hydrogen) atoms. The highest BCUT2D eigenvalue weighted by molar-refractivity contribution is 14.2. The van der Waals surface area contributed by atoms with Crippen molar-refractivity contribution < 1.29 is 120 Å². The Morgan fingerprint density at radius 2 is 0.841 bits per heavy atom. The minimum Gasteiger partial charge on any atom is -0.384 e. The Labute approximate surface area is 368 Å². The molecular weight excluding hydrogens is 1060 g/mol. The van der Waals surface area contributed by atoms with Gasteiger partial charge in [-0.3, -0.25) is 9.41 Å². The van der Waals surface area contributed by atoms with E-state index in [1.807, 2.05) is 0 Å². The van der Waals surface area contributed by atoms with Crippen LogP contribution in [0.3, 0.4) is 0 Å². The van der Waals surface area contributed by atoms with Gasteiger partial charge in [-0.2, -0.15) is 83.5 Å². The average molecular weight is 1110 g/mol. The van der Waals surface area contributed by atoms with Crippen LogP contribution in [0.2, 0.25) is 1.41 Å². The second-order valence-corrected chi connectivity index (χ2v) is 12.3. The predicted octanol–water partition coefficient (Wildman–Crippen LogP) is 10.4. The van der Waals surface area contributed by atoms with E-state index in [0.717, 1.165) is 19.4 Å². The van der Waals surface area contributed by atoms with Crippen molar-refractivity contribution in [2.75, 3.05) is 0 Å². The molecule has 4 radical (unpaired) electrons. The number of aryl methyl sites for hydroxylation is 1. The van der Waals surface area contributed by atoms with Crippen molar-refractivity contribution in [3.63, 3.8) is 0 Å². The molecule has 0 aromatic heterocycles. The molecule has 0 aliphatic heterocycles. The van der Waals surface area contributed by atoms with Crippen LogP contribution >= 0.6 is 28.9 Å². The lowest BCUT2D eigenvalue weighted by Gasteiger charge is -2.28. The molecular formula is C32H44B2F21INO5P. The third kappa shape index (κ3) is 29.1. The first-order valence-electron chi connectivity index (χ1n) is 16.2. The second-order valence-electron chi connectivity index (χ2n) is 12.3. The largest absolute Gasteiger partial charge is 0.425 e. The molecule has 0 bridgehead atoms. The van der Waals surface area contributed by atoms with Gasteiger partial charge in [-0.05, 0) is 66.5 Å². The summed E-state index contributed by atoms with van der Waals surface area (Å²) in [6.45, 7) is 10.9. The van der Waals surface area contributed by atoms with Crippen LogP contribution in [-0.4, -0.2) is 97.6 Å². The number of alkyl halides is 18. The molecule has 0 fully saturated rings. The predicted molar refractivity (Wildman–Crippen MR) is 208 cm³/mol. The average Bonchev–Trinajstić information content (AvgIpc) is 3.08. The monoisotopic (exact) mass is 1110 g/mol. The van der Waals surface area contributed by atoms with E-state index in [9.17, 15) is 93.7 Å². The van der Waals surface area contributed by atoms with Crippen LogP contribution in [0.1, 0.15) is 63.8 Å². The first-order valence-corrected chi connectivity index (χ1v) is 19.3. The lowest BCUT2D eigenvalue weighted by molar-refractivity contribution is -0.360. The summed E-state index contributed by atoms with van der Waals surface area (Å²) in [5, 5.41) is 42.6. The van der Waals surface area contributed by atoms with E-state index in [0.29, 0.717) is 26.3 Å². The summed E-state index contributed by atoms with van der Waals surface area (Å²) in [7, 11) is 7.69. The summed E-state index contributed by atoms with van der Waals surface area (Å²) in [5.41, 5.74) is -12.3. The second kappa shape index (κ2) is 30.1. The van der Waals surface area contributed by atoms with Crippen molar-refractivity contribution in [1.82, 2.24) is 5.44 Å². The Bertz CT molecular complexity index is 1470. The maximum Gasteiger partial charge on any atom is 0.425 e. The number of benzene rings is 2. The molecule has 2 aromatic carbocycles. The lowest BCUT2D eigenvalue weighted by Crippen LogP contribution is -2.54. The molecule has 31 heteroatoms. The van der Waals surface area contributed by atoms with E-state index < -0.39 is 71.0 Å². The van der Waals surface area contributed by atoms with Crippen LogP contribution in [0.15, 0.2) is 55.1 Å². The standard InChI is InChI=1S/C11H11F3O.C10H11F3O.C4H4F6O.C4H7F3O.C3H5F3O.BFHN.BH.2FH.H2IP/c1-3-8-4-6-9(7-5-8)10(2,15)11(12,13)14;1-7-3-5-8(6-4-7)9(2,14)10(11,12)13;1-2(11,3(5,6)7)4(8,9)10;1-3(2,8)4(5,6)7;1-2(7)3(4,5)6;1-3-2;;;;1-2/h3-7,15H,1H2,2H3;3-6,14H,1-2H3;11H,1H3;8H,1-2H3;2,7H,1H3;3H;3*1H;2H2/i;;;;;3T;1T;;;. The van der Waals surface area contributed by atoms with Crippen molar-refractivity contribution in [2.45, 2.75) is 114 Å². The summed E-state index contributed by atoms with van der Waals surface area (Å²) in [4.78, 5) is 0. The van der Waals surface area contributed by atoms with Gasteiger partial charge in [-0.25, -0.2) is 5.44 Å². The molecule has 2 aromatic rings. The van der Waals surface area contributed by atoms with Gasteiger partial charge < -0.3 is 25.5 Å². The van der Waals surface area contributed by atoms with Gasteiger partial charge in [0.1, 0.15) is 7.52 Å². The van der Waals surface area contributed by atoms with E-state index >= 15 is 0 Å². The molecule has 4 atom stereocenters. The Balaban J connectivity index is -0.000000101. The van der Waals surface area contributed by atoms with E-state index in [2.05, 4.69) is 51.9 Å². The Morgan fingerprint density at radius 1 is 0.635 bits per heavy atom. The number of hydrogen-bond donors (Lipinski definition) is 6. The van der Waals surface area contributed by atoms with Crippen LogP contribution in [0, 0.1) is 6.92 Å². The topological polar surface area (TPSA) is 113 Å². The fourth-order valence-electron chi connectivity index (χ4n) is 2.31. The molecule has 0 aliphatic rings. The molecule has 372 valence electrons. The number of aliphatic hydroxyl groups excluding tert-OH is 1. The number of hydrogen-bond acceptors (Lipinski definition) is 6. The summed E-state index contributed by atoms with van der Waals surface area (Å²) < 4.78 is 230. The first kappa shape index (κ1) is 72.4. The smallest absolute Gasteiger partial charge is 0.384 e. The molecule has 0 heterocycles. The molecule has 0 saturated heterocycles. The quantitative estimate of drug-likeness (QED) is 0.0600. The van der Waals surface area contributed by atoms with Crippen molar-refractivity contribution in [1.29, 1.82) is 1.34 Å². The van der Waals surface area contributed by atoms with E-state index in [-0.39, 0.29) is 27.5 Å². The summed E-state index contributed by atoms with van der Waals surface area (Å²) in [6, 6.07) is 11.1. The minimum absolute atomic E-state index is 0. The van der Waals surface area contributed by atoms with Gasteiger partial charge in [-0.15, -0.1) is 0 Å².